The predicted molar refractivity (Wildman–Crippen MR) is 155 cm³/mol. The molecule has 2 aromatic rings. The average molecular weight is 511 g/mol. The van der Waals surface area contributed by atoms with E-state index in [-0.39, 0.29) is 18.7 Å². The number of hydrogen-bond acceptors (Lipinski definition) is 3. The number of carbonyl (C=O) groups excluding carboxylic acids is 1. The molecule has 4 nitrogen and oxygen atoms in total. The molecule has 0 saturated heterocycles. The van der Waals surface area contributed by atoms with Crippen LogP contribution in [0.2, 0.25) is 0 Å². The van der Waals surface area contributed by atoms with Crippen LogP contribution in [-0.2, 0) is 22.5 Å². The van der Waals surface area contributed by atoms with Crippen LogP contribution in [0.3, 0.4) is 0 Å². The third-order valence-corrected chi connectivity index (χ3v) is 6.93. The van der Waals surface area contributed by atoms with Crippen molar-refractivity contribution in [3.63, 3.8) is 0 Å². The SMILES string of the molecule is CCCCCCCCCCCCc1ccc(OC(C)COC(=O)CC[N+](C)(C)Cc2ccccc2)cc1. The summed E-state index contributed by atoms with van der Waals surface area (Å²) >= 11 is 0. The molecule has 0 bridgehead atoms. The Bertz CT molecular complexity index is 848. The summed E-state index contributed by atoms with van der Waals surface area (Å²) in [4.78, 5) is 12.3. The highest BCUT2D eigenvalue weighted by molar-refractivity contribution is 5.69. The number of ether oxygens (including phenoxy) is 2. The van der Waals surface area contributed by atoms with Crippen LogP contribution in [-0.4, -0.2) is 43.8 Å². The lowest BCUT2D eigenvalue weighted by molar-refractivity contribution is -0.903. The maximum Gasteiger partial charge on any atom is 0.311 e. The first-order valence-electron chi connectivity index (χ1n) is 14.6. The lowest BCUT2D eigenvalue weighted by Crippen LogP contribution is -2.40. The molecule has 2 aromatic carbocycles. The van der Waals surface area contributed by atoms with Crippen molar-refractivity contribution in [2.75, 3.05) is 27.2 Å². The quantitative estimate of drug-likeness (QED) is 0.102. The highest BCUT2D eigenvalue weighted by atomic mass is 16.6. The highest BCUT2D eigenvalue weighted by Crippen LogP contribution is 2.17. The summed E-state index contributed by atoms with van der Waals surface area (Å²) in [5, 5.41) is 0. The van der Waals surface area contributed by atoms with E-state index in [0.29, 0.717) is 6.42 Å². The second-order valence-corrected chi connectivity index (χ2v) is 11.2. The van der Waals surface area contributed by atoms with Crippen LogP contribution in [0, 0.1) is 0 Å². The first-order valence-corrected chi connectivity index (χ1v) is 14.6. The van der Waals surface area contributed by atoms with E-state index in [0.717, 1.165) is 29.7 Å². The predicted octanol–water partition coefficient (Wildman–Crippen LogP) is 8.13. The average Bonchev–Trinajstić information content (AvgIpc) is 2.89. The number of quaternary nitrogens is 1. The second kappa shape index (κ2) is 18.0. The molecule has 0 N–H and O–H groups in total. The second-order valence-electron chi connectivity index (χ2n) is 11.2. The van der Waals surface area contributed by atoms with Crippen LogP contribution in [0.1, 0.15) is 95.6 Å². The topological polar surface area (TPSA) is 35.5 Å². The Morgan fingerprint density at radius 2 is 1.38 bits per heavy atom. The third-order valence-electron chi connectivity index (χ3n) is 6.93. The van der Waals surface area contributed by atoms with E-state index in [1.807, 2.05) is 25.1 Å². The van der Waals surface area contributed by atoms with E-state index in [4.69, 9.17) is 9.47 Å². The Morgan fingerprint density at radius 3 is 2.00 bits per heavy atom. The van der Waals surface area contributed by atoms with Crippen molar-refractivity contribution in [3.05, 3.63) is 65.7 Å². The van der Waals surface area contributed by atoms with Crippen LogP contribution in [0.4, 0.5) is 0 Å². The van der Waals surface area contributed by atoms with Gasteiger partial charge in [0.05, 0.1) is 27.1 Å². The fourth-order valence-electron chi connectivity index (χ4n) is 4.65. The molecule has 0 amide bonds. The number of aryl methyl sites for hydroxylation is 1. The first-order chi connectivity index (χ1) is 17.9. The van der Waals surface area contributed by atoms with Crippen molar-refractivity contribution in [2.45, 2.75) is 104 Å². The summed E-state index contributed by atoms with van der Waals surface area (Å²) in [6.07, 6.45) is 15.0. The Balaban J connectivity index is 1.55. The van der Waals surface area contributed by atoms with Crippen molar-refractivity contribution in [1.29, 1.82) is 0 Å². The molecule has 1 unspecified atom stereocenters. The van der Waals surface area contributed by atoms with Crippen molar-refractivity contribution in [1.82, 2.24) is 0 Å². The van der Waals surface area contributed by atoms with Gasteiger partial charge in [0.15, 0.2) is 0 Å². The maximum atomic E-state index is 12.3. The minimum atomic E-state index is -0.177. The Hall–Kier alpha value is -2.33. The molecule has 0 fully saturated rings. The lowest BCUT2D eigenvalue weighted by atomic mass is 10.0. The number of nitrogens with zero attached hydrogens (tertiary/aromatic N) is 1. The normalized spacial score (nSPS) is 12.3. The van der Waals surface area contributed by atoms with Crippen molar-refractivity contribution < 1.29 is 18.8 Å². The molecule has 37 heavy (non-hydrogen) atoms. The number of esters is 1. The summed E-state index contributed by atoms with van der Waals surface area (Å²) in [6, 6.07) is 18.8. The molecule has 0 aliphatic rings. The number of hydrogen-bond donors (Lipinski definition) is 0. The van der Waals surface area contributed by atoms with Crippen molar-refractivity contribution >= 4 is 5.97 Å². The van der Waals surface area contributed by atoms with Gasteiger partial charge in [-0.15, -0.1) is 0 Å². The first kappa shape index (κ1) is 30.9. The fraction of sp³-hybridized carbons (Fsp3) is 0.606. The van der Waals surface area contributed by atoms with Crippen LogP contribution >= 0.6 is 0 Å². The van der Waals surface area contributed by atoms with Gasteiger partial charge in [-0.2, -0.15) is 0 Å². The van der Waals surface area contributed by atoms with Gasteiger partial charge in [0, 0.05) is 5.56 Å². The van der Waals surface area contributed by atoms with E-state index >= 15 is 0 Å². The molecule has 2 rings (SSSR count). The monoisotopic (exact) mass is 510 g/mol. The zero-order chi connectivity index (χ0) is 26.8. The van der Waals surface area contributed by atoms with Gasteiger partial charge < -0.3 is 14.0 Å². The van der Waals surface area contributed by atoms with Gasteiger partial charge in [0.25, 0.3) is 0 Å². The van der Waals surface area contributed by atoms with Gasteiger partial charge >= 0.3 is 5.97 Å². The maximum absolute atomic E-state index is 12.3. The van der Waals surface area contributed by atoms with Crippen molar-refractivity contribution in [2.24, 2.45) is 0 Å². The minimum absolute atomic E-state index is 0.165. The van der Waals surface area contributed by atoms with Gasteiger partial charge in [0.2, 0.25) is 0 Å². The van der Waals surface area contributed by atoms with Crippen LogP contribution in [0.5, 0.6) is 5.75 Å². The molecule has 0 saturated carbocycles. The smallest absolute Gasteiger partial charge is 0.311 e. The fourth-order valence-corrected chi connectivity index (χ4v) is 4.65. The zero-order valence-electron chi connectivity index (χ0n) is 24.1. The molecule has 0 heterocycles. The lowest BCUT2D eigenvalue weighted by Gasteiger charge is -2.29. The van der Waals surface area contributed by atoms with Crippen LogP contribution in [0.15, 0.2) is 54.6 Å². The molecule has 0 aliphatic carbocycles. The molecule has 0 aromatic heterocycles. The number of unbranched alkanes of at least 4 members (excludes halogenated alkanes) is 9. The molecule has 0 aliphatic heterocycles. The van der Waals surface area contributed by atoms with E-state index in [1.54, 1.807) is 0 Å². The highest BCUT2D eigenvalue weighted by Gasteiger charge is 2.19. The molecule has 206 valence electrons. The largest absolute Gasteiger partial charge is 0.487 e. The van der Waals surface area contributed by atoms with Crippen LogP contribution < -0.4 is 4.74 Å². The van der Waals surface area contributed by atoms with E-state index in [1.165, 1.54) is 75.3 Å². The summed E-state index contributed by atoms with van der Waals surface area (Å²) in [5.74, 6) is 0.664. The van der Waals surface area contributed by atoms with E-state index < -0.39 is 0 Å². The minimum Gasteiger partial charge on any atom is -0.487 e. The molecule has 0 radical (unpaired) electrons. The molecule has 1 atom stereocenters. The van der Waals surface area contributed by atoms with E-state index in [2.05, 4.69) is 57.4 Å². The molecule has 4 heteroatoms. The molecule has 0 spiro atoms. The molecular formula is C33H52NO3+. The van der Waals surface area contributed by atoms with E-state index in [9.17, 15) is 4.79 Å². The van der Waals surface area contributed by atoms with Crippen LogP contribution in [0.25, 0.3) is 0 Å². The Kier molecular flexibility index (Phi) is 15.0. The zero-order valence-corrected chi connectivity index (χ0v) is 24.1. The molecular weight excluding hydrogens is 458 g/mol. The number of carbonyl (C=O) groups is 1. The number of benzene rings is 2. The summed E-state index contributed by atoms with van der Waals surface area (Å²) in [5.41, 5.74) is 2.64. The summed E-state index contributed by atoms with van der Waals surface area (Å²) in [6.45, 7) is 6.12. The number of rotatable bonds is 20. The van der Waals surface area contributed by atoms with Gasteiger partial charge in [-0.25, -0.2) is 0 Å². The third kappa shape index (κ3) is 14.9. The summed E-state index contributed by atoms with van der Waals surface area (Å²) < 4.78 is 12.2. The van der Waals surface area contributed by atoms with Crippen molar-refractivity contribution in [3.8, 4) is 5.75 Å². The Labute approximate surface area is 227 Å². The van der Waals surface area contributed by atoms with Gasteiger partial charge in [-0.1, -0.05) is 107 Å². The van der Waals surface area contributed by atoms with Gasteiger partial charge in [-0.05, 0) is 37.5 Å². The standard InChI is InChI=1S/C33H52NO3/c1-5-6-7-8-9-10-11-12-13-15-18-30-21-23-32(24-22-30)37-29(2)28-36-33(35)25-26-34(3,4)27-31-19-16-14-17-20-31/h14,16-17,19-24,29H,5-13,15,18,25-28H2,1-4H3/q+1. The van der Waals surface area contributed by atoms with Gasteiger partial charge in [0.1, 0.15) is 25.0 Å². The Morgan fingerprint density at radius 1 is 0.784 bits per heavy atom. The summed E-state index contributed by atoms with van der Waals surface area (Å²) in [7, 11) is 4.29. The van der Waals surface area contributed by atoms with Gasteiger partial charge in [-0.3, -0.25) is 4.79 Å².